The maximum atomic E-state index is 14.4. The molecule has 1 saturated carbocycles. The molecule has 1 aromatic rings. The van der Waals surface area contributed by atoms with E-state index in [-0.39, 0.29) is 29.9 Å². The highest BCUT2D eigenvalue weighted by Gasteiger charge is 2.26. The summed E-state index contributed by atoms with van der Waals surface area (Å²) in [6.45, 7) is 5.34. The summed E-state index contributed by atoms with van der Waals surface area (Å²) in [5.74, 6) is -0.191. The lowest BCUT2D eigenvalue weighted by atomic mass is 9.85. The second kappa shape index (κ2) is 6.24. The Kier molecular flexibility index (Phi) is 4.34. The van der Waals surface area contributed by atoms with Gasteiger partial charge in [-0.2, -0.15) is 0 Å². The summed E-state index contributed by atoms with van der Waals surface area (Å²) in [4.78, 5) is 13.9. The first-order chi connectivity index (χ1) is 10.5. The van der Waals surface area contributed by atoms with E-state index in [2.05, 4.69) is 5.32 Å². The highest BCUT2D eigenvalue weighted by molar-refractivity contribution is 5.93. The van der Waals surface area contributed by atoms with E-state index < -0.39 is 0 Å². The summed E-state index contributed by atoms with van der Waals surface area (Å²) in [7, 11) is 0. The molecule has 0 radical (unpaired) electrons. The SMILES string of the molecule is C[C@@H]1CN(c2ccc(NC(=O)C3CCC3)cc2F)C[C@@H](C)O1. The van der Waals surface area contributed by atoms with Crippen molar-refractivity contribution in [3.8, 4) is 0 Å². The third kappa shape index (κ3) is 3.24. The number of anilines is 2. The topological polar surface area (TPSA) is 41.6 Å². The molecule has 1 saturated heterocycles. The van der Waals surface area contributed by atoms with Gasteiger partial charge in [0.1, 0.15) is 5.82 Å². The normalized spacial score (nSPS) is 25.7. The van der Waals surface area contributed by atoms with Crippen molar-refractivity contribution >= 4 is 17.3 Å². The van der Waals surface area contributed by atoms with Crippen LogP contribution in [0.2, 0.25) is 0 Å². The Hall–Kier alpha value is -1.62. The van der Waals surface area contributed by atoms with Gasteiger partial charge < -0.3 is 15.0 Å². The van der Waals surface area contributed by atoms with E-state index in [0.29, 0.717) is 24.5 Å². The molecule has 0 unspecified atom stereocenters. The minimum atomic E-state index is -0.298. The molecule has 1 aliphatic carbocycles. The van der Waals surface area contributed by atoms with Crippen molar-refractivity contribution in [2.75, 3.05) is 23.3 Å². The predicted octanol–water partition coefficient (Wildman–Crippen LogP) is 3.18. The number of benzene rings is 1. The number of halogens is 1. The van der Waals surface area contributed by atoms with E-state index in [4.69, 9.17) is 4.74 Å². The Morgan fingerprint density at radius 1 is 1.27 bits per heavy atom. The van der Waals surface area contributed by atoms with E-state index in [9.17, 15) is 9.18 Å². The fourth-order valence-corrected chi connectivity index (χ4v) is 3.13. The molecular formula is C17H23FN2O2. The lowest BCUT2D eigenvalue weighted by Gasteiger charge is -2.37. The quantitative estimate of drug-likeness (QED) is 0.932. The van der Waals surface area contributed by atoms with Crippen LogP contribution in [-0.4, -0.2) is 31.2 Å². The van der Waals surface area contributed by atoms with Crippen molar-refractivity contribution < 1.29 is 13.9 Å². The molecule has 2 fully saturated rings. The maximum Gasteiger partial charge on any atom is 0.227 e. The van der Waals surface area contributed by atoms with Crippen LogP contribution in [0.3, 0.4) is 0 Å². The van der Waals surface area contributed by atoms with Crippen LogP contribution in [0.1, 0.15) is 33.1 Å². The average molecular weight is 306 g/mol. The van der Waals surface area contributed by atoms with Crippen LogP contribution in [0.25, 0.3) is 0 Å². The van der Waals surface area contributed by atoms with Gasteiger partial charge in [-0.1, -0.05) is 6.42 Å². The highest BCUT2D eigenvalue weighted by Crippen LogP contribution is 2.29. The number of ether oxygens (including phenoxy) is 1. The first-order valence-corrected chi connectivity index (χ1v) is 8.03. The predicted molar refractivity (Wildman–Crippen MR) is 84.6 cm³/mol. The Morgan fingerprint density at radius 2 is 1.95 bits per heavy atom. The number of hydrogen-bond acceptors (Lipinski definition) is 3. The second-order valence-corrected chi connectivity index (χ2v) is 6.45. The van der Waals surface area contributed by atoms with Crippen molar-refractivity contribution in [3.05, 3.63) is 24.0 Å². The Bertz CT molecular complexity index is 550. The van der Waals surface area contributed by atoms with Crippen LogP contribution in [0.15, 0.2) is 18.2 Å². The molecule has 4 nitrogen and oxygen atoms in total. The fourth-order valence-electron chi connectivity index (χ4n) is 3.13. The molecule has 5 heteroatoms. The highest BCUT2D eigenvalue weighted by atomic mass is 19.1. The number of morpholine rings is 1. The smallest absolute Gasteiger partial charge is 0.227 e. The zero-order valence-electron chi connectivity index (χ0n) is 13.1. The first kappa shape index (κ1) is 15.3. The number of rotatable bonds is 3. The number of nitrogens with one attached hydrogen (secondary N) is 1. The number of carbonyl (C=O) groups is 1. The molecule has 1 amide bonds. The molecule has 1 heterocycles. The summed E-state index contributed by atoms with van der Waals surface area (Å²) in [5.41, 5.74) is 1.11. The van der Waals surface area contributed by atoms with Crippen molar-refractivity contribution in [2.45, 2.75) is 45.3 Å². The van der Waals surface area contributed by atoms with Gasteiger partial charge in [0.25, 0.3) is 0 Å². The Labute approximate surface area is 130 Å². The number of amides is 1. The van der Waals surface area contributed by atoms with Crippen LogP contribution in [0.5, 0.6) is 0 Å². The second-order valence-electron chi connectivity index (χ2n) is 6.45. The van der Waals surface area contributed by atoms with Crippen LogP contribution >= 0.6 is 0 Å². The van der Waals surface area contributed by atoms with E-state index in [1.165, 1.54) is 6.07 Å². The molecule has 1 N–H and O–H groups in total. The minimum absolute atomic E-state index is 0.00650. The monoisotopic (exact) mass is 306 g/mol. The molecule has 22 heavy (non-hydrogen) atoms. The lowest BCUT2D eigenvalue weighted by Crippen LogP contribution is -2.45. The van der Waals surface area contributed by atoms with Crippen molar-refractivity contribution in [1.82, 2.24) is 0 Å². The zero-order chi connectivity index (χ0) is 15.7. The maximum absolute atomic E-state index is 14.4. The van der Waals surface area contributed by atoms with Gasteiger partial charge >= 0.3 is 0 Å². The van der Waals surface area contributed by atoms with Gasteiger partial charge in [0.15, 0.2) is 0 Å². The number of carbonyl (C=O) groups excluding carboxylic acids is 1. The third-order valence-electron chi connectivity index (χ3n) is 4.45. The summed E-state index contributed by atoms with van der Waals surface area (Å²) in [6, 6.07) is 4.94. The zero-order valence-corrected chi connectivity index (χ0v) is 13.1. The summed E-state index contributed by atoms with van der Waals surface area (Å²) in [6.07, 6.45) is 3.16. The Balaban J connectivity index is 1.70. The van der Waals surface area contributed by atoms with E-state index >= 15 is 0 Å². The third-order valence-corrected chi connectivity index (χ3v) is 4.45. The van der Waals surface area contributed by atoms with Gasteiger partial charge in [-0.3, -0.25) is 4.79 Å². The standard InChI is InChI=1S/C17H23FN2O2/c1-11-9-20(10-12(2)22-11)16-7-6-14(8-15(16)18)19-17(21)13-4-3-5-13/h6-8,11-13H,3-5,9-10H2,1-2H3,(H,19,21)/t11-,12-/m1/s1. The summed E-state index contributed by atoms with van der Waals surface area (Å²) < 4.78 is 20.1. The minimum Gasteiger partial charge on any atom is -0.372 e. The van der Waals surface area contributed by atoms with Crippen LogP contribution in [0, 0.1) is 11.7 Å². The molecule has 1 aromatic carbocycles. The van der Waals surface area contributed by atoms with E-state index in [1.807, 2.05) is 18.7 Å². The van der Waals surface area contributed by atoms with Gasteiger partial charge in [-0.25, -0.2) is 4.39 Å². The summed E-state index contributed by atoms with van der Waals surface area (Å²) >= 11 is 0. The lowest BCUT2D eigenvalue weighted by molar-refractivity contribution is -0.122. The average Bonchev–Trinajstić information content (AvgIpc) is 2.35. The molecule has 0 bridgehead atoms. The molecule has 2 atom stereocenters. The molecular weight excluding hydrogens is 283 g/mol. The molecule has 3 rings (SSSR count). The largest absolute Gasteiger partial charge is 0.372 e. The summed E-state index contributed by atoms with van der Waals surface area (Å²) in [5, 5.41) is 2.81. The van der Waals surface area contributed by atoms with Gasteiger partial charge in [0.05, 0.1) is 17.9 Å². The van der Waals surface area contributed by atoms with Crippen LogP contribution in [0.4, 0.5) is 15.8 Å². The van der Waals surface area contributed by atoms with E-state index in [0.717, 1.165) is 19.3 Å². The van der Waals surface area contributed by atoms with E-state index in [1.54, 1.807) is 12.1 Å². The fraction of sp³-hybridized carbons (Fsp3) is 0.588. The van der Waals surface area contributed by atoms with Crippen molar-refractivity contribution in [2.24, 2.45) is 5.92 Å². The molecule has 0 aromatic heterocycles. The number of hydrogen-bond donors (Lipinski definition) is 1. The van der Waals surface area contributed by atoms with Gasteiger partial charge in [-0.05, 0) is 44.9 Å². The molecule has 2 aliphatic rings. The van der Waals surface area contributed by atoms with Crippen molar-refractivity contribution in [3.63, 3.8) is 0 Å². The molecule has 120 valence electrons. The Morgan fingerprint density at radius 3 is 2.50 bits per heavy atom. The van der Waals surface area contributed by atoms with Gasteiger partial charge in [0, 0.05) is 24.7 Å². The number of nitrogens with zero attached hydrogens (tertiary/aromatic N) is 1. The molecule has 1 aliphatic heterocycles. The van der Waals surface area contributed by atoms with Crippen molar-refractivity contribution in [1.29, 1.82) is 0 Å². The van der Waals surface area contributed by atoms with Crippen LogP contribution < -0.4 is 10.2 Å². The molecule has 0 spiro atoms. The van der Waals surface area contributed by atoms with Crippen LogP contribution in [-0.2, 0) is 9.53 Å². The first-order valence-electron chi connectivity index (χ1n) is 8.03. The van der Waals surface area contributed by atoms with Gasteiger partial charge in [0.2, 0.25) is 5.91 Å². The van der Waals surface area contributed by atoms with Gasteiger partial charge in [-0.15, -0.1) is 0 Å².